The number of anilines is 1. The largest absolute Gasteiger partial charge is 0.493 e. The third-order valence-corrected chi connectivity index (χ3v) is 6.42. The number of para-hydroxylation sites is 1. The molecule has 6 rings (SSSR count). The third-order valence-electron chi connectivity index (χ3n) is 6.42. The summed E-state index contributed by atoms with van der Waals surface area (Å²) in [4.78, 5) is 4.49. The van der Waals surface area contributed by atoms with Crippen LogP contribution in [0.3, 0.4) is 0 Å². The van der Waals surface area contributed by atoms with E-state index >= 15 is 0 Å². The minimum Gasteiger partial charge on any atom is -0.493 e. The zero-order valence-electron chi connectivity index (χ0n) is 19.1. The van der Waals surface area contributed by atoms with Crippen molar-refractivity contribution in [1.29, 1.82) is 0 Å². The van der Waals surface area contributed by atoms with Gasteiger partial charge in [-0.05, 0) is 42.3 Å². The van der Waals surface area contributed by atoms with Crippen LogP contribution in [0, 0.1) is 6.92 Å². The fourth-order valence-electron chi connectivity index (χ4n) is 4.78. The second-order valence-electron chi connectivity index (χ2n) is 8.41. The van der Waals surface area contributed by atoms with Crippen LogP contribution in [0.1, 0.15) is 34.4 Å². The number of methoxy groups -OCH3 is 2. The summed E-state index contributed by atoms with van der Waals surface area (Å²) < 4.78 is 19.7. The van der Waals surface area contributed by atoms with Gasteiger partial charge in [0.05, 0.1) is 19.9 Å². The van der Waals surface area contributed by atoms with E-state index in [0.717, 1.165) is 33.7 Å². The van der Waals surface area contributed by atoms with Crippen molar-refractivity contribution >= 4 is 11.6 Å². The number of aryl methyl sites for hydroxylation is 1. The van der Waals surface area contributed by atoms with E-state index in [9.17, 15) is 0 Å². The predicted molar refractivity (Wildman–Crippen MR) is 129 cm³/mol. The summed E-state index contributed by atoms with van der Waals surface area (Å²) in [6, 6.07) is 22.3. The summed E-state index contributed by atoms with van der Waals surface area (Å²) in [5.74, 6) is 2.84. The number of ether oxygens (including phenoxy) is 3. The lowest BCUT2D eigenvalue weighted by molar-refractivity contribution is 0.223. The molecule has 2 unspecified atom stereocenters. The van der Waals surface area contributed by atoms with E-state index in [4.69, 9.17) is 14.2 Å². The van der Waals surface area contributed by atoms with Gasteiger partial charge < -0.3 is 19.5 Å². The van der Waals surface area contributed by atoms with Crippen LogP contribution in [0.15, 0.2) is 78.6 Å². The Kier molecular flexibility index (Phi) is 4.76. The number of nitrogens with zero attached hydrogens (tertiary/aromatic N) is 3. The Morgan fingerprint density at radius 1 is 0.912 bits per heavy atom. The molecule has 1 N–H and O–H groups in total. The first-order chi connectivity index (χ1) is 16.7. The van der Waals surface area contributed by atoms with Gasteiger partial charge in [0.15, 0.2) is 11.5 Å². The third kappa shape index (κ3) is 3.12. The van der Waals surface area contributed by atoms with Gasteiger partial charge in [0.2, 0.25) is 5.95 Å². The molecule has 2 atom stereocenters. The van der Waals surface area contributed by atoms with Crippen molar-refractivity contribution in [3.8, 4) is 17.2 Å². The van der Waals surface area contributed by atoms with Gasteiger partial charge in [0.1, 0.15) is 24.2 Å². The molecule has 3 aromatic carbocycles. The second-order valence-corrected chi connectivity index (χ2v) is 8.41. The molecule has 2 aliphatic rings. The Labute approximate surface area is 197 Å². The van der Waals surface area contributed by atoms with Crippen LogP contribution in [0.4, 0.5) is 5.95 Å². The van der Waals surface area contributed by atoms with E-state index in [0.29, 0.717) is 17.4 Å². The van der Waals surface area contributed by atoms with Crippen LogP contribution < -0.4 is 19.5 Å². The molecule has 170 valence electrons. The lowest BCUT2D eigenvalue weighted by atomic mass is 9.84. The van der Waals surface area contributed by atoms with Crippen molar-refractivity contribution in [1.82, 2.24) is 14.8 Å². The predicted octanol–water partition coefficient (Wildman–Crippen LogP) is 5.16. The van der Waals surface area contributed by atoms with Crippen LogP contribution in [0.25, 0.3) is 5.70 Å². The van der Waals surface area contributed by atoms with Crippen molar-refractivity contribution in [2.24, 2.45) is 0 Å². The average Bonchev–Trinajstić information content (AvgIpc) is 3.35. The molecule has 0 amide bonds. The highest BCUT2D eigenvalue weighted by molar-refractivity contribution is 5.85. The van der Waals surface area contributed by atoms with Crippen LogP contribution in [0.5, 0.6) is 17.2 Å². The topological polar surface area (TPSA) is 70.4 Å². The maximum atomic E-state index is 6.66. The zero-order chi connectivity index (χ0) is 23.2. The molecule has 2 aliphatic heterocycles. The van der Waals surface area contributed by atoms with Gasteiger partial charge in [-0.15, -0.1) is 0 Å². The first-order valence-electron chi connectivity index (χ1n) is 11.1. The average molecular weight is 453 g/mol. The van der Waals surface area contributed by atoms with Crippen molar-refractivity contribution in [3.05, 3.63) is 101 Å². The highest BCUT2D eigenvalue weighted by Crippen LogP contribution is 2.51. The standard InChI is InChI=1S/C27H24N4O3/c1-16-8-10-17(11-9-16)26-23-24(19-6-4-5-7-20(19)34-26)30-27-28-15-29-31(27)25(23)18-12-13-21(32-2)22(14-18)33-3/h4-15,25-26H,1-3H3,(H,28,29,30). The molecule has 0 saturated heterocycles. The Bertz CT molecular complexity index is 1410. The van der Waals surface area contributed by atoms with E-state index in [2.05, 4.69) is 52.7 Å². The minimum absolute atomic E-state index is 0.256. The number of rotatable bonds is 4. The van der Waals surface area contributed by atoms with E-state index < -0.39 is 0 Å². The van der Waals surface area contributed by atoms with Crippen molar-refractivity contribution in [2.75, 3.05) is 19.5 Å². The maximum absolute atomic E-state index is 6.66. The quantitative estimate of drug-likeness (QED) is 0.461. The summed E-state index contributed by atoms with van der Waals surface area (Å²) in [5, 5.41) is 8.11. The number of nitrogens with one attached hydrogen (secondary N) is 1. The molecule has 0 saturated carbocycles. The van der Waals surface area contributed by atoms with E-state index in [-0.39, 0.29) is 12.1 Å². The molecule has 0 aliphatic carbocycles. The summed E-state index contributed by atoms with van der Waals surface area (Å²) in [5.41, 5.74) is 6.33. The lowest BCUT2D eigenvalue weighted by Crippen LogP contribution is -2.32. The maximum Gasteiger partial charge on any atom is 0.226 e. The summed E-state index contributed by atoms with van der Waals surface area (Å²) in [6.07, 6.45) is 1.26. The first kappa shape index (κ1) is 20.4. The molecule has 3 heterocycles. The zero-order valence-corrected chi connectivity index (χ0v) is 19.1. The Hall–Kier alpha value is -4.26. The summed E-state index contributed by atoms with van der Waals surface area (Å²) in [6.45, 7) is 2.09. The van der Waals surface area contributed by atoms with E-state index in [1.165, 1.54) is 5.56 Å². The monoisotopic (exact) mass is 452 g/mol. The van der Waals surface area contributed by atoms with Crippen LogP contribution >= 0.6 is 0 Å². The number of benzene rings is 3. The van der Waals surface area contributed by atoms with Crippen molar-refractivity contribution < 1.29 is 14.2 Å². The first-order valence-corrected chi connectivity index (χ1v) is 11.1. The Morgan fingerprint density at radius 2 is 1.68 bits per heavy atom. The molecule has 1 aromatic heterocycles. The van der Waals surface area contributed by atoms with Gasteiger partial charge in [-0.1, -0.05) is 48.0 Å². The Balaban J connectivity index is 1.61. The molecule has 7 heteroatoms. The molecule has 4 aromatic rings. The highest BCUT2D eigenvalue weighted by Gasteiger charge is 2.41. The smallest absolute Gasteiger partial charge is 0.226 e. The highest BCUT2D eigenvalue weighted by atomic mass is 16.5. The van der Waals surface area contributed by atoms with Crippen LogP contribution in [0.2, 0.25) is 0 Å². The van der Waals surface area contributed by atoms with Crippen LogP contribution in [-0.4, -0.2) is 29.0 Å². The Morgan fingerprint density at radius 3 is 2.47 bits per heavy atom. The molecule has 0 spiro atoms. The number of hydrogen-bond acceptors (Lipinski definition) is 6. The minimum atomic E-state index is -0.312. The molecule has 34 heavy (non-hydrogen) atoms. The molecule has 0 radical (unpaired) electrons. The lowest BCUT2D eigenvalue weighted by Gasteiger charge is -2.39. The van der Waals surface area contributed by atoms with E-state index in [1.54, 1.807) is 20.5 Å². The van der Waals surface area contributed by atoms with Gasteiger partial charge in [-0.25, -0.2) is 4.68 Å². The summed E-state index contributed by atoms with van der Waals surface area (Å²) >= 11 is 0. The second kappa shape index (κ2) is 7.95. The van der Waals surface area contributed by atoms with Crippen LogP contribution in [-0.2, 0) is 0 Å². The molecular formula is C27H24N4O3. The van der Waals surface area contributed by atoms with Crippen molar-refractivity contribution in [2.45, 2.75) is 19.1 Å². The fourth-order valence-corrected chi connectivity index (χ4v) is 4.78. The normalized spacial score (nSPS) is 18.2. The number of fused-ring (bicyclic) bond motifs is 3. The van der Waals surface area contributed by atoms with E-state index in [1.807, 2.05) is 41.1 Å². The summed E-state index contributed by atoms with van der Waals surface area (Å²) in [7, 11) is 3.28. The van der Waals surface area contributed by atoms with Gasteiger partial charge in [-0.3, -0.25) is 0 Å². The van der Waals surface area contributed by atoms with Gasteiger partial charge in [0.25, 0.3) is 0 Å². The molecular weight excluding hydrogens is 428 g/mol. The fraction of sp³-hybridized carbons (Fsp3) is 0.185. The van der Waals surface area contributed by atoms with Gasteiger partial charge >= 0.3 is 0 Å². The van der Waals surface area contributed by atoms with Gasteiger partial charge in [0, 0.05) is 11.1 Å². The molecule has 0 bridgehead atoms. The number of hydrogen-bond donors (Lipinski definition) is 1. The molecule has 0 fully saturated rings. The van der Waals surface area contributed by atoms with Crippen molar-refractivity contribution in [3.63, 3.8) is 0 Å². The molecule has 7 nitrogen and oxygen atoms in total. The number of aromatic nitrogens is 3. The van der Waals surface area contributed by atoms with Gasteiger partial charge in [-0.2, -0.15) is 10.1 Å². The SMILES string of the molecule is COc1ccc(C2C3=C(Nc4ncnn42)c2ccccc2OC3c2ccc(C)cc2)cc1OC.